The minimum atomic E-state index is -4.02. The molecule has 0 aromatic heterocycles. The lowest BCUT2D eigenvalue weighted by Gasteiger charge is -2.15. The zero-order valence-electron chi connectivity index (χ0n) is 13.1. The molecule has 1 fully saturated rings. The molecule has 1 unspecified atom stereocenters. The minimum absolute atomic E-state index is 0.0248. The Morgan fingerprint density at radius 3 is 2.36 bits per heavy atom. The Kier molecular flexibility index (Phi) is 4.38. The van der Waals surface area contributed by atoms with Gasteiger partial charge >= 0.3 is 0 Å². The highest BCUT2D eigenvalue weighted by Gasteiger charge is 2.47. The lowest BCUT2D eigenvalue weighted by molar-refractivity contribution is -0.121. The van der Waals surface area contributed by atoms with E-state index in [1.807, 2.05) is 0 Å². The van der Waals surface area contributed by atoms with E-state index in [-0.39, 0.29) is 15.6 Å². The van der Waals surface area contributed by atoms with Crippen LogP contribution in [0.5, 0.6) is 0 Å². The molecule has 1 aliphatic heterocycles. The zero-order valence-corrected chi connectivity index (χ0v) is 14.6. The summed E-state index contributed by atoms with van der Waals surface area (Å²) in [5.41, 5.74) is 0.915. The Hall–Kier alpha value is -2.25. The Labute approximate surface area is 148 Å². The Morgan fingerprint density at radius 2 is 1.76 bits per heavy atom. The summed E-state index contributed by atoms with van der Waals surface area (Å²) in [5, 5.41) is -1.77. The summed E-state index contributed by atoms with van der Waals surface area (Å²) in [6.45, 7) is 1.81. The molecule has 1 aliphatic rings. The van der Waals surface area contributed by atoms with Gasteiger partial charge in [0.15, 0.2) is 15.1 Å². The number of carbonyl (C=O) groups excluding carboxylic acids is 2. The van der Waals surface area contributed by atoms with Crippen molar-refractivity contribution in [2.75, 3.05) is 4.90 Å². The molecule has 1 heterocycles. The van der Waals surface area contributed by atoms with Crippen LogP contribution in [0.3, 0.4) is 0 Å². The van der Waals surface area contributed by atoms with Crippen molar-refractivity contribution in [3.8, 4) is 0 Å². The predicted octanol–water partition coefficient (Wildman–Crippen LogP) is 2.89. The summed E-state index contributed by atoms with van der Waals surface area (Å²) >= 11 is 5.68. The largest absolute Gasteiger partial charge is 0.274 e. The van der Waals surface area contributed by atoms with Gasteiger partial charge in [-0.05, 0) is 37.3 Å². The van der Waals surface area contributed by atoms with Crippen molar-refractivity contribution in [2.45, 2.75) is 23.5 Å². The highest BCUT2D eigenvalue weighted by Crippen LogP contribution is 2.31. The molecular weight excluding hydrogens is 369 g/mol. The lowest BCUT2D eigenvalue weighted by Crippen LogP contribution is -2.35. The number of imide groups is 1. The molecule has 1 saturated heterocycles. The van der Waals surface area contributed by atoms with Gasteiger partial charge in [-0.25, -0.2) is 17.7 Å². The zero-order chi connectivity index (χ0) is 18.4. The fraction of sp³-hybridized carbons (Fsp3) is 0.176. The van der Waals surface area contributed by atoms with Gasteiger partial charge in [-0.15, -0.1) is 0 Å². The second kappa shape index (κ2) is 6.24. The lowest BCUT2D eigenvalue weighted by atomic mass is 10.2. The second-order valence-electron chi connectivity index (χ2n) is 5.72. The van der Waals surface area contributed by atoms with Crippen LogP contribution in [-0.2, 0) is 19.4 Å². The van der Waals surface area contributed by atoms with Crippen LogP contribution in [0.15, 0.2) is 47.4 Å². The molecule has 0 spiro atoms. The summed E-state index contributed by atoms with van der Waals surface area (Å²) < 4.78 is 38.7. The van der Waals surface area contributed by atoms with E-state index < -0.39 is 39.1 Å². The molecule has 3 rings (SSSR count). The predicted molar refractivity (Wildman–Crippen MR) is 90.7 cm³/mol. The summed E-state index contributed by atoms with van der Waals surface area (Å²) in [6.07, 6.45) is -0.468. The van der Waals surface area contributed by atoms with Gasteiger partial charge in [0.1, 0.15) is 5.82 Å². The third kappa shape index (κ3) is 3.05. The van der Waals surface area contributed by atoms with Crippen molar-refractivity contribution in [2.24, 2.45) is 0 Å². The van der Waals surface area contributed by atoms with Crippen molar-refractivity contribution in [3.63, 3.8) is 0 Å². The van der Waals surface area contributed by atoms with Gasteiger partial charge in [-0.3, -0.25) is 9.59 Å². The smallest absolute Gasteiger partial charge is 0.253 e. The molecular formula is C17H13ClFNO4S. The van der Waals surface area contributed by atoms with Gasteiger partial charge in [-0.1, -0.05) is 29.3 Å². The van der Waals surface area contributed by atoms with Gasteiger partial charge in [0, 0.05) is 0 Å². The number of halogens is 2. The van der Waals surface area contributed by atoms with Crippen LogP contribution in [-0.4, -0.2) is 25.5 Å². The average Bonchev–Trinajstić information content (AvgIpc) is 2.86. The van der Waals surface area contributed by atoms with Crippen molar-refractivity contribution < 1.29 is 22.4 Å². The first kappa shape index (κ1) is 17.6. The molecule has 2 aromatic rings. The number of sulfone groups is 1. The van der Waals surface area contributed by atoms with Crippen molar-refractivity contribution in [3.05, 3.63) is 58.9 Å². The number of aryl methyl sites for hydroxylation is 1. The van der Waals surface area contributed by atoms with E-state index in [0.717, 1.165) is 22.6 Å². The van der Waals surface area contributed by atoms with Crippen molar-refractivity contribution >= 4 is 38.9 Å². The maximum Gasteiger partial charge on any atom is 0.253 e. The van der Waals surface area contributed by atoms with Crippen LogP contribution in [0.2, 0.25) is 5.02 Å². The van der Waals surface area contributed by atoms with Crippen LogP contribution in [0.4, 0.5) is 10.1 Å². The molecule has 2 amide bonds. The molecule has 1 atom stereocenters. The number of hydrogen-bond acceptors (Lipinski definition) is 4. The Morgan fingerprint density at radius 1 is 1.12 bits per heavy atom. The molecule has 0 aliphatic carbocycles. The molecule has 8 heteroatoms. The van der Waals surface area contributed by atoms with E-state index in [2.05, 4.69) is 0 Å². The van der Waals surface area contributed by atoms with E-state index in [0.29, 0.717) is 0 Å². The molecule has 2 aromatic carbocycles. The summed E-state index contributed by atoms with van der Waals surface area (Å²) in [7, 11) is -4.02. The molecule has 0 radical (unpaired) electrons. The van der Waals surface area contributed by atoms with Gasteiger partial charge in [0.05, 0.1) is 22.0 Å². The number of anilines is 1. The first-order chi connectivity index (χ1) is 11.7. The van der Waals surface area contributed by atoms with E-state index in [9.17, 15) is 22.4 Å². The molecule has 25 heavy (non-hydrogen) atoms. The van der Waals surface area contributed by atoms with Crippen LogP contribution in [0.25, 0.3) is 0 Å². The number of benzene rings is 2. The van der Waals surface area contributed by atoms with E-state index in [1.165, 1.54) is 18.2 Å². The Balaban J connectivity index is 1.98. The molecule has 130 valence electrons. The van der Waals surface area contributed by atoms with E-state index in [1.54, 1.807) is 19.1 Å². The normalized spacial score (nSPS) is 18.0. The average molecular weight is 382 g/mol. The summed E-state index contributed by atoms with van der Waals surface area (Å²) in [6, 6.07) is 9.38. The highest BCUT2D eigenvalue weighted by atomic mass is 35.5. The molecule has 0 bridgehead atoms. The van der Waals surface area contributed by atoms with Gasteiger partial charge in [-0.2, -0.15) is 0 Å². The Bertz CT molecular complexity index is 973. The van der Waals surface area contributed by atoms with Gasteiger partial charge in [0.2, 0.25) is 5.91 Å². The van der Waals surface area contributed by atoms with Crippen LogP contribution in [0.1, 0.15) is 12.0 Å². The number of hydrogen-bond donors (Lipinski definition) is 0. The highest BCUT2D eigenvalue weighted by molar-refractivity contribution is 7.93. The third-order valence-corrected chi connectivity index (χ3v) is 6.33. The second-order valence-corrected chi connectivity index (χ2v) is 8.25. The van der Waals surface area contributed by atoms with E-state index in [4.69, 9.17) is 11.6 Å². The summed E-state index contributed by atoms with van der Waals surface area (Å²) in [4.78, 5) is 25.5. The fourth-order valence-electron chi connectivity index (χ4n) is 2.63. The monoisotopic (exact) mass is 381 g/mol. The SMILES string of the molecule is Cc1ccc(S(=O)(=O)C2CC(=O)N(c3ccc(F)c(Cl)c3)C2=O)cc1. The maximum absolute atomic E-state index is 13.3. The van der Waals surface area contributed by atoms with Crippen LogP contribution < -0.4 is 4.90 Å². The first-order valence-electron chi connectivity index (χ1n) is 7.34. The maximum atomic E-state index is 13.3. The quantitative estimate of drug-likeness (QED) is 0.766. The van der Waals surface area contributed by atoms with E-state index >= 15 is 0 Å². The minimum Gasteiger partial charge on any atom is -0.274 e. The van der Waals surface area contributed by atoms with Gasteiger partial charge < -0.3 is 0 Å². The fourth-order valence-corrected chi connectivity index (χ4v) is 4.39. The number of rotatable bonds is 3. The third-order valence-electron chi connectivity index (χ3n) is 3.99. The standard InChI is InChI=1S/C17H13ClFNO4S/c1-10-2-5-12(6-3-10)25(23,24)15-9-16(21)20(17(15)22)11-4-7-14(19)13(18)8-11/h2-8,15H,9H2,1H3. The number of amides is 2. The number of nitrogens with zero attached hydrogens (tertiary/aromatic N) is 1. The molecule has 0 saturated carbocycles. The van der Waals surface area contributed by atoms with Crippen LogP contribution in [0, 0.1) is 12.7 Å². The molecule has 0 N–H and O–H groups in total. The van der Waals surface area contributed by atoms with Crippen molar-refractivity contribution in [1.82, 2.24) is 0 Å². The van der Waals surface area contributed by atoms with Crippen molar-refractivity contribution in [1.29, 1.82) is 0 Å². The first-order valence-corrected chi connectivity index (χ1v) is 9.26. The molecule has 5 nitrogen and oxygen atoms in total. The summed E-state index contributed by atoms with van der Waals surface area (Å²) in [5.74, 6) is -2.24. The topological polar surface area (TPSA) is 71.5 Å². The van der Waals surface area contributed by atoms with Crippen LogP contribution >= 0.6 is 11.6 Å². The number of carbonyl (C=O) groups is 2. The van der Waals surface area contributed by atoms with Gasteiger partial charge in [0.25, 0.3) is 5.91 Å².